The summed E-state index contributed by atoms with van der Waals surface area (Å²) in [6.45, 7) is 8.70. The van der Waals surface area contributed by atoms with Crippen molar-refractivity contribution in [2.75, 3.05) is 6.54 Å². The van der Waals surface area contributed by atoms with Crippen LogP contribution in [0.1, 0.15) is 38.3 Å². The van der Waals surface area contributed by atoms with E-state index in [0.29, 0.717) is 24.2 Å². The Balaban J connectivity index is 1.95. The Bertz CT molecular complexity index is 503. The predicted octanol–water partition coefficient (Wildman–Crippen LogP) is 1.62. The molecule has 0 spiro atoms. The third-order valence-electron chi connectivity index (χ3n) is 2.76. The molecular formula is C13H21N5O. The summed E-state index contributed by atoms with van der Waals surface area (Å²) in [4.78, 5) is 8.66. The van der Waals surface area contributed by atoms with Crippen LogP contribution in [0.5, 0.6) is 0 Å². The Labute approximate surface area is 113 Å². The largest absolute Gasteiger partial charge is 0.339 e. The summed E-state index contributed by atoms with van der Waals surface area (Å²) < 4.78 is 7.14. The number of nitrogens with zero attached hydrogens (tertiary/aromatic N) is 4. The van der Waals surface area contributed by atoms with Gasteiger partial charge in [-0.15, -0.1) is 0 Å². The average Bonchev–Trinajstić information content (AvgIpc) is 2.99. The van der Waals surface area contributed by atoms with Crippen molar-refractivity contribution in [1.82, 2.24) is 25.0 Å². The summed E-state index contributed by atoms with van der Waals surface area (Å²) in [5, 5.41) is 7.34. The Kier molecular flexibility index (Phi) is 4.68. The van der Waals surface area contributed by atoms with Gasteiger partial charge in [-0.25, -0.2) is 4.98 Å². The van der Waals surface area contributed by atoms with Gasteiger partial charge in [0, 0.05) is 18.8 Å². The van der Waals surface area contributed by atoms with Gasteiger partial charge >= 0.3 is 0 Å². The molecule has 0 saturated carbocycles. The highest BCUT2D eigenvalue weighted by atomic mass is 16.5. The fraction of sp³-hybridized carbons (Fsp3) is 0.615. The van der Waals surface area contributed by atoms with Crippen LogP contribution in [0, 0.1) is 5.92 Å². The molecule has 0 aliphatic heterocycles. The third kappa shape index (κ3) is 3.89. The summed E-state index contributed by atoms with van der Waals surface area (Å²) in [6, 6.07) is 0. The molecule has 2 aromatic rings. The molecule has 6 heteroatoms. The first-order valence-corrected chi connectivity index (χ1v) is 6.71. The zero-order valence-corrected chi connectivity index (χ0v) is 11.8. The van der Waals surface area contributed by atoms with E-state index in [-0.39, 0.29) is 0 Å². The highest BCUT2D eigenvalue weighted by molar-refractivity contribution is 4.97. The lowest BCUT2D eigenvalue weighted by Gasteiger charge is -2.08. The van der Waals surface area contributed by atoms with E-state index in [2.05, 4.69) is 34.3 Å². The van der Waals surface area contributed by atoms with Crippen molar-refractivity contribution < 1.29 is 4.52 Å². The highest BCUT2D eigenvalue weighted by Crippen LogP contribution is 2.04. The van der Waals surface area contributed by atoms with Crippen LogP contribution in [0.2, 0.25) is 0 Å². The van der Waals surface area contributed by atoms with Crippen LogP contribution in [-0.2, 0) is 19.5 Å². The molecule has 0 aliphatic rings. The Morgan fingerprint density at radius 2 is 2.26 bits per heavy atom. The molecular weight excluding hydrogens is 242 g/mol. The van der Waals surface area contributed by atoms with Gasteiger partial charge in [0.15, 0.2) is 5.82 Å². The Morgan fingerprint density at radius 1 is 1.42 bits per heavy atom. The number of imidazole rings is 1. The van der Waals surface area contributed by atoms with Gasteiger partial charge in [-0.05, 0) is 12.5 Å². The summed E-state index contributed by atoms with van der Waals surface area (Å²) in [5.41, 5.74) is 0. The number of aryl methyl sites for hydroxylation is 1. The van der Waals surface area contributed by atoms with Gasteiger partial charge in [0.05, 0.1) is 13.1 Å². The molecule has 0 bridgehead atoms. The molecule has 104 valence electrons. The predicted molar refractivity (Wildman–Crippen MR) is 71.5 cm³/mol. The van der Waals surface area contributed by atoms with E-state index in [9.17, 15) is 0 Å². The molecule has 1 N–H and O–H groups in total. The second-order valence-corrected chi connectivity index (χ2v) is 4.95. The molecule has 0 radical (unpaired) electrons. The number of rotatable bonds is 7. The highest BCUT2D eigenvalue weighted by Gasteiger charge is 2.08. The van der Waals surface area contributed by atoms with Crippen molar-refractivity contribution in [3.05, 3.63) is 29.9 Å². The van der Waals surface area contributed by atoms with Crippen molar-refractivity contribution in [3.8, 4) is 0 Å². The molecule has 2 heterocycles. The summed E-state index contributed by atoms with van der Waals surface area (Å²) in [7, 11) is 0. The molecule has 2 aromatic heterocycles. The summed E-state index contributed by atoms with van der Waals surface area (Å²) in [5.74, 6) is 2.99. The van der Waals surface area contributed by atoms with Gasteiger partial charge in [-0.1, -0.05) is 25.9 Å². The maximum Gasteiger partial charge on any atom is 0.226 e. The van der Waals surface area contributed by atoms with E-state index < -0.39 is 0 Å². The van der Waals surface area contributed by atoms with E-state index in [0.717, 1.165) is 25.3 Å². The van der Waals surface area contributed by atoms with E-state index in [1.54, 1.807) is 6.20 Å². The Hall–Kier alpha value is -1.69. The molecule has 0 aromatic carbocycles. The molecule has 0 saturated heterocycles. The molecule has 19 heavy (non-hydrogen) atoms. The van der Waals surface area contributed by atoms with E-state index in [1.807, 2.05) is 17.7 Å². The maximum absolute atomic E-state index is 5.10. The third-order valence-corrected chi connectivity index (χ3v) is 2.76. The average molecular weight is 263 g/mol. The molecule has 2 rings (SSSR count). The van der Waals surface area contributed by atoms with Crippen molar-refractivity contribution in [2.24, 2.45) is 5.92 Å². The number of aromatic nitrogens is 4. The fourth-order valence-electron chi connectivity index (χ4n) is 1.77. The normalized spacial score (nSPS) is 11.4. The van der Waals surface area contributed by atoms with Gasteiger partial charge in [0.2, 0.25) is 5.89 Å². The minimum absolute atomic E-state index is 0.599. The zero-order valence-electron chi connectivity index (χ0n) is 11.8. The van der Waals surface area contributed by atoms with Gasteiger partial charge in [0.1, 0.15) is 5.82 Å². The first-order chi connectivity index (χ1) is 9.19. The van der Waals surface area contributed by atoms with E-state index in [1.165, 1.54) is 0 Å². The fourth-order valence-corrected chi connectivity index (χ4v) is 1.77. The van der Waals surface area contributed by atoms with Crippen LogP contribution in [0.15, 0.2) is 16.9 Å². The van der Waals surface area contributed by atoms with Crippen molar-refractivity contribution in [2.45, 2.75) is 40.3 Å². The van der Waals surface area contributed by atoms with Crippen molar-refractivity contribution in [1.29, 1.82) is 0 Å². The molecule has 0 amide bonds. The van der Waals surface area contributed by atoms with Crippen LogP contribution in [0.3, 0.4) is 0 Å². The molecule has 0 fully saturated rings. The van der Waals surface area contributed by atoms with Crippen LogP contribution < -0.4 is 5.32 Å². The van der Waals surface area contributed by atoms with E-state index >= 15 is 0 Å². The first-order valence-electron chi connectivity index (χ1n) is 6.71. The number of nitrogens with one attached hydrogen (secondary N) is 1. The lowest BCUT2D eigenvalue weighted by Crippen LogP contribution is -2.21. The minimum atomic E-state index is 0.599. The standard InChI is InChI=1S/C13H21N5O/c1-4-13-16-11(17-19-13)9-18-6-5-15-12(18)8-14-7-10(2)3/h5-6,10,14H,4,7-9H2,1-3H3. The second-order valence-electron chi connectivity index (χ2n) is 4.95. The number of hydrogen-bond donors (Lipinski definition) is 1. The van der Waals surface area contributed by atoms with Crippen LogP contribution in [0.25, 0.3) is 0 Å². The quantitative estimate of drug-likeness (QED) is 0.822. The van der Waals surface area contributed by atoms with Crippen LogP contribution in [0.4, 0.5) is 0 Å². The minimum Gasteiger partial charge on any atom is -0.339 e. The van der Waals surface area contributed by atoms with E-state index in [4.69, 9.17) is 4.52 Å². The van der Waals surface area contributed by atoms with Crippen LogP contribution in [-0.4, -0.2) is 26.2 Å². The topological polar surface area (TPSA) is 68.8 Å². The monoisotopic (exact) mass is 263 g/mol. The molecule has 6 nitrogen and oxygen atoms in total. The zero-order chi connectivity index (χ0) is 13.7. The van der Waals surface area contributed by atoms with Gasteiger partial charge in [-0.3, -0.25) is 0 Å². The number of hydrogen-bond acceptors (Lipinski definition) is 5. The van der Waals surface area contributed by atoms with Crippen molar-refractivity contribution in [3.63, 3.8) is 0 Å². The maximum atomic E-state index is 5.10. The SMILES string of the molecule is CCc1nc(Cn2ccnc2CNCC(C)C)no1. The van der Waals surface area contributed by atoms with Crippen molar-refractivity contribution >= 4 is 0 Å². The van der Waals surface area contributed by atoms with Gasteiger partial charge in [-0.2, -0.15) is 4.98 Å². The molecule has 0 atom stereocenters. The molecule has 0 unspecified atom stereocenters. The van der Waals surface area contributed by atoms with Gasteiger partial charge < -0.3 is 14.4 Å². The molecule has 0 aliphatic carbocycles. The smallest absolute Gasteiger partial charge is 0.226 e. The van der Waals surface area contributed by atoms with Gasteiger partial charge in [0.25, 0.3) is 0 Å². The lowest BCUT2D eigenvalue weighted by atomic mass is 10.2. The summed E-state index contributed by atoms with van der Waals surface area (Å²) in [6.07, 6.45) is 4.50. The summed E-state index contributed by atoms with van der Waals surface area (Å²) >= 11 is 0. The second kappa shape index (κ2) is 6.47. The van der Waals surface area contributed by atoms with Crippen LogP contribution >= 0.6 is 0 Å². The first kappa shape index (κ1) is 13.7. The lowest BCUT2D eigenvalue weighted by molar-refractivity contribution is 0.375. The Morgan fingerprint density at radius 3 is 2.95 bits per heavy atom.